The lowest BCUT2D eigenvalue weighted by molar-refractivity contribution is 0.518. The van der Waals surface area contributed by atoms with Gasteiger partial charge in [-0.2, -0.15) is 0 Å². The first-order valence-electron chi connectivity index (χ1n) is 9.58. The number of aryl methyl sites for hydroxylation is 1. The summed E-state index contributed by atoms with van der Waals surface area (Å²) in [7, 11) is 0. The second kappa shape index (κ2) is 9.17. The van der Waals surface area contributed by atoms with E-state index >= 15 is 0 Å². The van der Waals surface area contributed by atoms with Gasteiger partial charge in [-0.05, 0) is 40.5 Å². The van der Waals surface area contributed by atoms with Crippen LogP contribution in [0.15, 0.2) is 48.5 Å². The highest BCUT2D eigenvalue weighted by molar-refractivity contribution is 5.35. The molecule has 0 spiro atoms. The summed E-state index contributed by atoms with van der Waals surface area (Å²) in [4.78, 5) is 0. The number of hydrogen-bond donors (Lipinski definition) is 2. The van der Waals surface area contributed by atoms with E-state index in [1.165, 1.54) is 41.5 Å². The Hall–Kier alpha value is -1.64. The van der Waals surface area contributed by atoms with Crippen LogP contribution in [0, 0.1) is 0 Å². The SMILES string of the molecule is CCCCCc1ccccc1CNC(N)c1ccccc1C(C)(C)C. The largest absolute Gasteiger partial charge is 0.312 e. The third-order valence-corrected chi connectivity index (χ3v) is 4.78. The first-order valence-corrected chi connectivity index (χ1v) is 9.58. The van der Waals surface area contributed by atoms with Crippen LogP contribution in [-0.4, -0.2) is 0 Å². The lowest BCUT2D eigenvalue weighted by atomic mass is 9.83. The monoisotopic (exact) mass is 338 g/mol. The number of hydrogen-bond acceptors (Lipinski definition) is 2. The first-order chi connectivity index (χ1) is 11.9. The van der Waals surface area contributed by atoms with Gasteiger partial charge in [0, 0.05) is 6.54 Å². The van der Waals surface area contributed by atoms with Crippen LogP contribution < -0.4 is 11.1 Å². The molecule has 2 heteroatoms. The van der Waals surface area contributed by atoms with Crippen molar-refractivity contribution in [3.05, 3.63) is 70.8 Å². The molecule has 0 saturated carbocycles. The normalized spacial score (nSPS) is 13.0. The number of nitrogens with two attached hydrogens (primary N) is 1. The number of rotatable bonds is 8. The van der Waals surface area contributed by atoms with Crippen molar-refractivity contribution < 1.29 is 0 Å². The predicted molar refractivity (Wildman–Crippen MR) is 109 cm³/mol. The van der Waals surface area contributed by atoms with Crippen molar-refractivity contribution >= 4 is 0 Å². The Balaban J connectivity index is 2.07. The summed E-state index contributed by atoms with van der Waals surface area (Å²) in [5.41, 5.74) is 11.9. The second-order valence-corrected chi connectivity index (χ2v) is 7.92. The Labute approximate surface area is 153 Å². The van der Waals surface area contributed by atoms with Crippen LogP contribution in [0.2, 0.25) is 0 Å². The molecule has 0 fully saturated rings. The van der Waals surface area contributed by atoms with Gasteiger partial charge < -0.3 is 5.73 Å². The van der Waals surface area contributed by atoms with Crippen LogP contribution in [0.4, 0.5) is 0 Å². The van der Waals surface area contributed by atoms with Crippen molar-refractivity contribution in [3.63, 3.8) is 0 Å². The molecule has 0 saturated heterocycles. The van der Waals surface area contributed by atoms with Gasteiger partial charge in [-0.1, -0.05) is 89.1 Å². The van der Waals surface area contributed by atoms with Crippen LogP contribution in [0.1, 0.15) is 75.4 Å². The number of nitrogens with one attached hydrogen (secondary N) is 1. The van der Waals surface area contributed by atoms with Gasteiger partial charge >= 0.3 is 0 Å². The zero-order valence-corrected chi connectivity index (χ0v) is 16.3. The van der Waals surface area contributed by atoms with Crippen LogP contribution >= 0.6 is 0 Å². The molecule has 0 aliphatic carbocycles. The standard InChI is InChI=1S/C23H34N2/c1-5-6-7-12-18-13-8-9-14-19(18)17-25-22(24)20-15-10-11-16-21(20)23(2,3)4/h8-11,13-16,22,25H,5-7,12,17,24H2,1-4H3. The van der Waals surface area contributed by atoms with E-state index in [4.69, 9.17) is 5.73 Å². The summed E-state index contributed by atoms with van der Waals surface area (Å²) in [5.74, 6) is 0. The molecular weight excluding hydrogens is 304 g/mol. The van der Waals surface area contributed by atoms with Crippen molar-refractivity contribution in [1.82, 2.24) is 5.32 Å². The molecule has 3 N–H and O–H groups in total. The van der Waals surface area contributed by atoms with E-state index in [-0.39, 0.29) is 11.6 Å². The van der Waals surface area contributed by atoms with Crippen LogP contribution in [-0.2, 0) is 18.4 Å². The van der Waals surface area contributed by atoms with Crippen molar-refractivity contribution in [2.75, 3.05) is 0 Å². The van der Waals surface area contributed by atoms with E-state index in [2.05, 4.69) is 81.5 Å². The van der Waals surface area contributed by atoms with Crippen molar-refractivity contribution in [2.24, 2.45) is 5.73 Å². The van der Waals surface area contributed by atoms with Gasteiger partial charge in [0.05, 0.1) is 6.17 Å². The van der Waals surface area contributed by atoms with E-state index < -0.39 is 0 Å². The molecule has 0 bridgehead atoms. The third kappa shape index (κ3) is 5.69. The summed E-state index contributed by atoms with van der Waals surface area (Å²) in [5, 5.41) is 3.54. The topological polar surface area (TPSA) is 38.0 Å². The van der Waals surface area contributed by atoms with Gasteiger partial charge in [0.15, 0.2) is 0 Å². The van der Waals surface area contributed by atoms with E-state index in [0.717, 1.165) is 13.0 Å². The minimum absolute atomic E-state index is 0.0912. The third-order valence-electron chi connectivity index (χ3n) is 4.78. The minimum Gasteiger partial charge on any atom is -0.312 e. The summed E-state index contributed by atoms with van der Waals surface area (Å²) in [6.45, 7) is 9.77. The van der Waals surface area contributed by atoms with Gasteiger partial charge in [0.2, 0.25) is 0 Å². The van der Waals surface area contributed by atoms with E-state index in [0.29, 0.717) is 0 Å². The first kappa shape index (κ1) is 19.7. The molecule has 2 aromatic carbocycles. The van der Waals surface area contributed by atoms with E-state index in [9.17, 15) is 0 Å². The molecule has 136 valence electrons. The Morgan fingerprint density at radius 1 is 0.920 bits per heavy atom. The molecule has 0 amide bonds. The highest BCUT2D eigenvalue weighted by Gasteiger charge is 2.20. The second-order valence-electron chi connectivity index (χ2n) is 7.92. The summed E-state index contributed by atoms with van der Waals surface area (Å²) >= 11 is 0. The van der Waals surface area contributed by atoms with Gasteiger partial charge in [-0.25, -0.2) is 0 Å². The maximum Gasteiger partial charge on any atom is 0.0815 e. The average molecular weight is 339 g/mol. The van der Waals surface area contributed by atoms with Crippen LogP contribution in [0.25, 0.3) is 0 Å². The Morgan fingerprint density at radius 2 is 1.56 bits per heavy atom. The Morgan fingerprint density at radius 3 is 2.24 bits per heavy atom. The highest BCUT2D eigenvalue weighted by Crippen LogP contribution is 2.28. The molecule has 0 radical (unpaired) electrons. The molecular formula is C23H34N2. The maximum absolute atomic E-state index is 6.50. The summed E-state index contributed by atoms with van der Waals surface area (Å²) in [6, 6.07) is 17.2. The Bertz CT molecular complexity index is 655. The fraction of sp³-hybridized carbons (Fsp3) is 0.478. The fourth-order valence-corrected chi connectivity index (χ4v) is 3.32. The molecule has 1 atom stereocenters. The lowest BCUT2D eigenvalue weighted by Gasteiger charge is -2.26. The van der Waals surface area contributed by atoms with Gasteiger partial charge in [0.1, 0.15) is 0 Å². The zero-order chi connectivity index (χ0) is 18.3. The molecule has 0 aliphatic heterocycles. The number of unbranched alkanes of at least 4 members (excludes halogenated alkanes) is 2. The van der Waals surface area contributed by atoms with Crippen LogP contribution in [0.5, 0.6) is 0 Å². The molecule has 0 aliphatic rings. The quantitative estimate of drug-likeness (QED) is 0.495. The maximum atomic E-state index is 6.50. The highest BCUT2D eigenvalue weighted by atomic mass is 15.0. The van der Waals surface area contributed by atoms with Gasteiger partial charge in [-0.15, -0.1) is 0 Å². The van der Waals surface area contributed by atoms with Gasteiger partial charge in [0.25, 0.3) is 0 Å². The van der Waals surface area contributed by atoms with Crippen molar-refractivity contribution in [3.8, 4) is 0 Å². The lowest BCUT2D eigenvalue weighted by Crippen LogP contribution is -2.31. The molecule has 2 rings (SSSR count). The molecule has 0 aromatic heterocycles. The minimum atomic E-state index is -0.154. The molecule has 2 aromatic rings. The molecule has 0 heterocycles. The predicted octanol–water partition coefficient (Wildman–Crippen LogP) is 5.46. The average Bonchev–Trinajstić information content (AvgIpc) is 2.60. The number of benzene rings is 2. The molecule has 1 unspecified atom stereocenters. The summed E-state index contributed by atoms with van der Waals surface area (Å²) in [6.07, 6.45) is 4.81. The Kier molecular flexibility index (Phi) is 7.22. The van der Waals surface area contributed by atoms with Gasteiger partial charge in [-0.3, -0.25) is 5.32 Å². The van der Waals surface area contributed by atoms with Crippen molar-refractivity contribution in [2.45, 2.75) is 71.5 Å². The smallest absolute Gasteiger partial charge is 0.0815 e. The summed E-state index contributed by atoms with van der Waals surface area (Å²) < 4.78 is 0. The van der Waals surface area contributed by atoms with E-state index in [1.807, 2.05) is 0 Å². The molecule has 25 heavy (non-hydrogen) atoms. The molecule has 2 nitrogen and oxygen atoms in total. The van der Waals surface area contributed by atoms with E-state index in [1.54, 1.807) is 0 Å². The van der Waals surface area contributed by atoms with Crippen LogP contribution in [0.3, 0.4) is 0 Å². The zero-order valence-electron chi connectivity index (χ0n) is 16.3. The van der Waals surface area contributed by atoms with Crippen molar-refractivity contribution in [1.29, 1.82) is 0 Å². The fourth-order valence-electron chi connectivity index (χ4n) is 3.32.